The van der Waals surface area contributed by atoms with Gasteiger partial charge in [0.2, 0.25) is 11.7 Å². The van der Waals surface area contributed by atoms with E-state index in [-0.39, 0.29) is 35.1 Å². The predicted molar refractivity (Wildman–Crippen MR) is 117 cm³/mol. The molecule has 0 aliphatic heterocycles. The lowest BCUT2D eigenvalue weighted by Gasteiger charge is -2.63. The summed E-state index contributed by atoms with van der Waals surface area (Å²) in [5, 5.41) is 26.1. The van der Waals surface area contributed by atoms with E-state index >= 15 is 0 Å². The van der Waals surface area contributed by atoms with E-state index in [2.05, 4.69) is 12.2 Å². The van der Waals surface area contributed by atoms with E-state index in [9.17, 15) is 24.6 Å². The van der Waals surface area contributed by atoms with Crippen molar-refractivity contribution in [2.24, 2.45) is 34.5 Å². The molecule has 4 rings (SSSR count). The van der Waals surface area contributed by atoms with Gasteiger partial charge in [0.25, 0.3) is 0 Å². The van der Waals surface area contributed by atoms with E-state index in [4.69, 9.17) is 4.74 Å². The summed E-state index contributed by atoms with van der Waals surface area (Å²) in [4.78, 5) is 35.7. The zero-order valence-corrected chi connectivity index (χ0v) is 19.9. The fraction of sp³-hybridized carbons (Fsp3) is 0.880. The second-order valence-corrected chi connectivity index (χ2v) is 11.5. The second kappa shape index (κ2) is 8.08. The molecule has 0 radical (unpaired) electrons. The molecule has 9 atom stereocenters. The Hall–Kier alpha value is -1.47. The molecule has 7 heteroatoms. The molecule has 4 saturated carbocycles. The van der Waals surface area contributed by atoms with Gasteiger partial charge in [-0.15, -0.1) is 0 Å². The molecule has 0 unspecified atom stereocenters. The van der Waals surface area contributed by atoms with Crippen LogP contribution in [0.2, 0.25) is 0 Å². The largest absolute Gasteiger partial charge is 0.458 e. The van der Waals surface area contributed by atoms with Crippen LogP contribution in [0.4, 0.5) is 0 Å². The van der Waals surface area contributed by atoms with Crippen LogP contribution in [0.5, 0.6) is 0 Å². The third-order valence-corrected chi connectivity index (χ3v) is 10.0. The van der Waals surface area contributed by atoms with Gasteiger partial charge in [-0.25, -0.2) is 0 Å². The lowest BCUT2D eigenvalue weighted by atomic mass is 9.43. The molecule has 4 aliphatic rings. The fourth-order valence-corrected chi connectivity index (χ4v) is 8.55. The highest BCUT2D eigenvalue weighted by Crippen LogP contribution is 2.68. The average Bonchev–Trinajstić information content (AvgIpc) is 2.97. The Morgan fingerprint density at radius 1 is 1.06 bits per heavy atom. The SMILES string of the molecule is CC(=O)N[C@@H]1CC[C@@]2(C)[C@H](CC[C@@H]3[C@@H]2[C@@H](O)C[C@@]2(C)[C@H]3CC[C@]2(O)C(=O)COC(C)=O)C1. The number of rotatable bonds is 4. The molecule has 0 aromatic rings. The quantitative estimate of drug-likeness (QED) is 0.568. The molecule has 0 bridgehead atoms. The van der Waals surface area contributed by atoms with Crippen molar-refractivity contribution >= 4 is 17.7 Å². The van der Waals surface area contributed by atoms with Crippen LogP contribution in [0.15, 0.2) is 0 Å². The zero-order chi connectivity index (χ0) is 23.5. The first-order chi connectivity index (χ1) is 14.9. The third-order valence-electron chi connectivity index (χ3n) is 10.0. The number of nitrogens with one attached hydrogen (secondary N) is 1. The van der Waals surface area contributed by atoms with E-state index in [0.717, 1.165) is 38.5 Å². The number of amides is 1. The van der Waals surface area contributed by atoms with Crippen molar-refractivity contribution in [3.8, 4) is 0 Å². The van der Waals surface area contributed by atoms with Gasteiger partial charge in [0.1, 0.15) is 5.60 Å². The van der Waals surface area contributed by atoms with Crippen LogP contribution in [0.25, 0.3) is 0 Å². The fourth-order valence-electron chi connectivity index (χ4n) is 8.55. The van der Waals surface area contributed by atoms with Gasteiger partial charge in [0.15, 0.2) is 6.61 Å². The standard InChI is InChI=1S/C25H39NO6/c1-14(27)26-17-7-9-23(3)16(11-17)5-6-18-19-8-10-25(31,21(30)13-32-15(2)28)24(19,4)12-20(29)22(18)23/h16-20,22,29,31H,5-13H2,1-4H3,(H,26,27)/t16-,17-,18+,19+,20+,22-,23+,24+,25+/m1/s1. The van der Waals surface area contributed by atoms with Crippen molar-refractivity contribution in [1.29, 1.82) is 0 Å². The van der Waals surface area contributed by atoms with Crippen molar-refractivity contribution in [2.45, 2.75) is 96.8 Å². The molecule has 7 nitrogen and oxygen atoms in total. The average molecular weight is 450 g/mol. The van der Waals surface area contributed by atoms with Crippen molar-refractivity contribution in [3.05, 3.63) is 0 Å². The lowest BCUT2D eigenvalue weighted by Crippen LogP contribution is -2.63. The number of hydrogen-bond donors (Lipinski definition) is 3. The minimum absolute atomic E-state index is 0.00108. The van der Waals surface area contributed by atoms with E-state index < -0.39 is 35.5 Å². The summed E-state index contributed by atoms with van der Waals surface area (Å²) in [6.45, 7) is 6.68. The number of carbonyl (C=O) groups is 3. The van der Waals surface area contributed by atoms with Crippen LogP contribution in [0.1, 0.15) is 79.1 Å². The van der Waals surface area contributed by atoms with Crippen LogP contribution in [-0.4, -0.2) is 52.2 Å². The summed E-state index contributed by atoms with van der Waals surface area (Å²) >= 11 is 0. The number of ketones is 1. The Labute approximate surface area is 190 Å². The van der Waals surface area contributed by atoms with E-state index in [0.29, 0.717) is 18.8 Å². The number of esters is 1. The smallest absolute Gasteiger partial charge is 0.303 e. The Kier molecular flexibility index (Phi) is 5.98. The normalized spacial score (nSPS) is 47.6. The predicted octanol–water partition coefficient (Wildman–Crippen LogP) is 2.37. The Morgan fingerprint density at radius 2 is 1.78 bits per heavy atom. The highest BCUT2D eigenvalue weighted by molar-refractivity contribution is 5.91. The number of fused-ring (bicyclic) bond motifs is 5. The van der Waals surface area contributed by atoms with Crippen LogP contribution in [-0.2, 0) is 19.1 Å². The summed E-state index contributed by atoms with van der Waals surface area (Å²) < 4.78 is 4.92. The number of aliphatic hydroxyl groups is 2. The number of carbonyl (C=O) groups excluding carboxylic acids is 3. The first kappa shape index (κ1) is 23.7. The van der Waals surface area contributed by atoms with Gasteiger partial charge in [-0.3, -0.25) is 14.4 Å². The van der Waals surface area contributed by atoms with Gasteiger partial charge in [-0.05, 0) is 80.5 Å². The molecule has 0 aromatic carbocycles. The van der Waals surface area contributed by atoms with Crippen LogP contribution in [0.3, 0.4) is 0 Å². The van der Waals surface area contributed by atoms with Gasteiger partial charge in [-0.1, -0.05) is 13.8 Å². The second-order valence-electron chi connectivity index (χ2n) is 11.5. The molecular weight excluding hydrogens is 410 g/mol. The first-order valence-electron chi connectivity index (χ1n) is 12.3. The summed E-state index contributed by atoms with van der Waals surface area (Å²) in [6.07, 6.45) is 5.79. The van der Waals surface area contributed by atoms with Crippen molar-refractivity contribution < 1.29 is 29.3 Å². The zero-order valence-electron chi connectivity index (χ0n) is 19.9. The van der Waals surface area contributed by atoms with Gasteiger partial charge in [0.05, 0.1) is 6.10 Å². The van der Waals surface area contributed by atoms with Crippen LogP contribution in [0, 0.1) is 34.5 Å². The maximum Gasteiger partial charge on any atom is 0.303 e. The van der Waals surface area contributed by atoms with Gasteiger partial charge < -0.3 is 20.3 Å². The molecular formula is C25H39NO6. The number of hydrogen-bond acceptors (Lipinski definition) is 6. The van der Waals surface area contributed by atoms with Crippen molar-refractivity contribution in [3.63, 3.8) is 0 Å². The molecule has 0 saturated heterocycles. The van der Waals surface area contributed by atoms with E-state index in [1.54, 1.807) is 6.92 Å². The Morgan fingerprint density at radius 3 is 2.44 bits per heavy atom. The van der Waals surface area contributed by atoms with E-state index in [1.165, 1.54) is 6.92 Å². The molecule has 32 heavy (non-hydrogen) atoms. The highest BCUT2D eigenvalue weighted by atomic mass is 16.5. The summed E-state index contributed by atoms with van der Waals surface area (Å²) in [5.41, 5.74) is -2.29. The van der Waals surface area contributed by atoms with Gasteiger partial charge >= 0.3 is 5.97 Å². The first-order valence-corrected chi connectivity index (χ1v) is 12.3. The maximum absolute atomic E-state index is 13.0. The minimum Gasteiger partial charge on any atom is -0.458 e. The molecule has 4 aliphatic carbocycles. The molecule has 0 spiro atoms. The van der Waals surface area contributed by atoms with Gasteiger partial charge in [0, 0.05) is 25.3 Å². The molecule has 1 amide bonds. The third kappa shape index (κ3) is 3.51. The monoisotopic (exact) mass is 449 g/mol. The summed E-state index contributed by atoms with van der Waals surface area (Å²) in [5.74, 6) is 0.0589. The molecule has 180 valence electrons. The van der Waals surface area contributed by atoms with Gasteiger partial charge in [-0.2, -0.15) is 0 Å². The molecule has 4 fully saturated rings. The lowest BCUT2D eigenvalue weighted by molar-refractivity contribution is -0.200. The number of ether oxygens (including phenoxy) is 1. The van der Waals surface area contributed by atoms with Crippen molar-refractivity contribution in [1.82, 2.24) is 5.32 Å². The van der Waals surface area contributed by atoms with Crippen molar-refractivity contribution in [2.75, 3.05) is 6.61 Å². The topological polar surface area (TPSA) is 113 Å². The highest BCUT2D eigenvalue weighted by Gasteiger charge is 2.68. The maximum atomic E-state index is 13.0. The Balaban J connectivity index is 1.57. The number of aliphatic hydroxyl groups excluding tert-OH is 1. The molecule has 0 heterocycles. The number of Topliss-reactive ketones (excluding diaryl/α,β-unsaturated/α-hetero) is 1. The molecule has 3 N–H and O–H groups in total. The Bertz CT molecular complexity index is 799. The molecule has 0 aromatic heterocycles. The summed E-state index contributed by atoms with van der Waals surface area (Å²) in [7, 11) is 0. The summed E-state index contributed by atoms with van der Waals surface area (Å²) in [6, 6.07) is 0.212. The van der Waals surface area contributed by atoms with Crippen LogP contribution >= 0.6 is 0 Å². The van der Waals surface area contributed by atoms with E-state index in [1.807, 2.05) is 6.92 Å². The minimum atomic E-state index is -1.57. The van der Waals surface area contributed by atoms with Crippen LogP contribution < -0.4 is 5.32 Å².